The number of carbonyl (C=O) groups excluding carboxylic acids is 1. The van der Waals surface area contributed by atoms with Gasteiger partial charge in [0.25, 0.3) is 10.0 Å². The van der Waals surface area contributed by atoms with Crippen molar-refractivity contribution < 1.29 is 17.9 Å². The average Bonchev–Trinajstić information content (AvgIpc) is 2.64. The normalized spacial score (nSPS) is 16.1. The predicted molar refractivity (Wildman–Crippen MR) is 104 cm³/mol. The summed E-state index contributed by atoms with van der Waals surface area (Å²) in [5.41, 5.74) is 3.10. The Kier molecular flexibility index (Phi) is 4.52. The molecular formula is C19H19ClN2O4S. The molecule has 6 nitrogen and oxygen atoms in total. The summed E-state index contributed by atoms with van der Waals surface area (Å²) >= 11 is 6.09. The SMILES string of the molecule is COc1ccc(NS(=O)(=O)c2cc3c4c(c2)CCC(=O)N4CCC3)cc1Cl. The maximum atomic E-state index is 12.9. The first-order chi connectivity index (χ1) is 12.9. The zero-order valence-electron chi connectivity index (χ0n) is 14.8. The number of carbonyl (C=O) groups is 1. The van der Waals surface area contributed by atoms with Crippen molar-refractivity contribution in [3.05, 3.63) is 46.5 Å². The molecule has 0 saturated carbocycles. The molecule has 0 unspecified atom stereocenters. The second-order valence-corrected chi connectivity index (χ2v) is 8.78. The quantitative estimate of drug-likeness (QED) is 0.844. The Morgan fingerprint density at radius 3 is 2.56 bits per heavy atom. The van der Waals surface area contributed by atoms with Crippen molar-refractivity contribution >= 4 is 38.9 Å². The number of ether oxygens (including phenoxy) is 1. The van der Waals surface area contributed by atoms with E-state index in [0.717, 1.165) is 29.7 Å². The van der Waals surface area contributed by atoms with E-state index in [-0.39, 0.29) is 10.8 Å². The van der Waals surface area contributed by atoms with Gasteiger partial charge in [0.1, 0.15) is 5.75 Å². The Labute approximate surface area is 163 Å². The highest BCUT2D eigenvalue weighted by atomic mass is 35.5. The highest BCUT2D eigenvalue weighted by molar-refractivity contribution is 7.92. The van der Waals surface area contributed by atoms with Gasteiger partial charge < -0.3 is 9.64 Å². The van der Waals surface area contributed by atoms with Gasteiger partial charge in [0.2, 0.25) is 5.91 Å². The maximum absolute atomic E-state index is 12.9. The van der Waals surface area contributed by atoms with E-state index in [1.807, 2.05) is 0 Å². The summed E-state index contributed by atoms with van der Waals surface area (Å²) in [5, 5.41) is 0.326. The predicted octanol–water partition coefficient (Wildman–Crippen LogP) is 3.37. The summed E-state index contributed by atoms with van der Waals surface area (Å²) in [6.45, 7) is 0.702. The molecule has 2 aliphatic heterocycles. The molecule has 2 aromatic carbocycles. The van der Waals surface area contributed by atoms with E-state index in [1.54, 1.807) is 29.2 Å². The summed E-state index contributed by atoms with van der Waals surface area (Å²) in [7, 11) is -2.28. The Bertz CT molecular complexity index is 1020. The van der Waals surface area contributed by atoms with Crippen molar-refractivity contribution in [1.29, 1.82) is 0 Å². The fourth-order valence-corrected chi connectivity index (χ4v) is 5.13. The van der Waals surface area contributed by atoms with Crippen LogP contribution in [0.4, 0.5) is 11.4 Å². The molecule has 4 rings (SSSR count). The lowest BCUT2D eigenvalue weighted by Crippen LogP contribution is -2.39. The lowest BCUT2D eigenvalue weighted by Gasteiger charge is -2.35. The molecule has 0 fully saturated rings. The van der Waals surface area contributed by atoms with Gasteiger partial charge in [-0.1, -0.05) is 11.6 Å². The van der Waals surface area contributed by atoms with E-state index in [4.69, 9.17) is 16.3 Å². The molecule has 0 radical (unpaired) electrons. The molecule has 0 aliphatic carbocycles. The summed E-state index contributed by atoms with van der Waals surface area (Å²) in [4.78, 5) is 14.2. The number of methoxy groups -OCH3 is 1. The number of nitrogens with zero attached hydrogens (tertiary/aromatic N) is 1. The molecule has 27 heavy (non-hydrogen) atoms. The number of aryl methyl sites for hydroxylation is 2. The number of rotatable bonds is 4. The number of benzene rings is 2. The van der Waals surface area contributed by atoms with Crippen molar-refractivity contribution in [1.82, 2.24) is 0 Å². The molecule has 0 bridgehead atoms. The van der Waals surface area contributed by atoms with Gasteiger partial charge in [-0.05, 0) is 60.7 Å². The standard InChI is InChI=1S/C19H19ClN2O4S/c1-26-17-6-5-14(11-16(17)20)21-27(24,25)15-9-12-3-2-8-22-18(23)7-4-13(10-15)19(12)22/h5-6,9-11,21H,2-4,7-8H2,1H3. The fraction of sp³-hybridized carbons (Fsp3) is 0.316. The lowest BCUT2D eigenvalue weighted by atomic mass is 9.92. The third-order valence-electron chi connectivity index (χ3n) is 4.96. The smallest absolute Gasteiger partial charge is 0.261 e. The molecule has 2 aliphatic rings. The first-order valence-corrected chi connectivity index (χ1v) is 10.6. The maximum Gasteiger partial charge on any atom is 0.261 e. The second kappa shape index (κ2) is 6.73. The van der Waals surface area contributed by atoms with Crippen LogP contribution in [0.15, 0.2) is 35.2 Å². The zero-order valence-corrected chi connectivity index (χ0v) is 16.4. The molecule has 0 aromatic heterocycles. The van der Waals surface area contributed by atoms with Crippen LogP contribution in [-0.4, -0.2) is 28.0 Å². The summed E-state index contributed by atoms with van der Waals surface area (Å²) in [5.74, 6) is 0.590. The highest BCUT2D eigenvalue weighted by Crippen LogP contribution is 2.38. The minimum Gasteiger partial charge on any atom is -0.495 e. The van der Waals surface area contributed by atoms with Crippen LogP contribution in [0, 0.1) is 0 Å². The molecule has 0 spiro atoms. The van der Waals surface area contributed by atoms with Gasteiger partial charge in [0.05, 0.1) is 28.4 Å². The Hall–Kier alpha value is -2.25. The first kappa shape index (κ1) is 18.1. The molecule has 0 atom stereocenters. The minimum absolute atomic E-state index is 0.116. The van der Waals surface area contributed by atoms with E-state index in [0.29, 0.717) is 35.8 Å². The van der Waals surface area contributed by atoms with Crippen LogP contribution < -0.4 is 14.4 Å². The Morgan fingerprint density at radius 2 is 1.85 bits per heavy atom. The number of hydrogen-bond donors (Lipinski definition) is 1. The third kappa shape index (κ3) is 3.26. The van der Waals surface area contributed by atoms with Gasteiger partial charge in [-0.15, -0.1) is 0 Å². The van der Waals surface area contributed by atoms with Gasteiger partial charge in [0.15, 0.2) is 0 Å². The lowest BCUT2D eigenvalue weighted by molar-refractivity contribution is -0.119. The Balaban J connectivity index is 1.71. The monoisotopic (exact) mass is 406 g/mol. The van der Waals surface area contributed by atoms with Crippen molar-refractivity contribution in [2.75, 3.05) is 23.3 Å². The minimum atomic E-state index is -3.78. The highest BCUT2D eigenvalue weighted by Gasteiger charge is 2.31. The number of hydrogen-bond acceptors (Lipinski definition) is 4. The first-order valence-electron chi connectivity index (χ1n) is 8.71. The van der Waals surface area contributed by atoms with Crippen molar-refractivity contribution in [3.63, 3.8) is 0 Å². The molecule has 0 saturated heterocycles. The van der Waals surface area contributed by atoms with Crippen LogP contribution in [0.25, 0.3) is 0 Å². The van der Waals surface area contributed by atoms with Gasteiger partial charge in [-0.3, -0.25) is 9.52 Å². The molecule has 2 aromatic rings. The number of nitrogens with one attached hydrogen (secondary N) is 1. The van der Waals surface area contributed by atoms with Crippen molar-refractivity contribution in [3.8, 4) is 5.75 Å². The van der Waals surface area contributed by atoms with Crippen molar-refractivity contribution in [2.24, 2.45) is 0 Å². The molecule has 1 amide bonds. The summed E-state index contributed by atoms with van der Waals surface area (Å²) in [6, 6.07) is 8.08. The largest absolute Gasteiger partial charge is 0.495 e. The van der Waals surface area contributed by atoms with E-state index >= 15 is 0 Å². The average molecular weight is 407 g/mol. The molecular weight excluding hydrogens is 388 g/mol. The van der Waals surface area contributed by atoms with Crippen LogP contribution >= 0.6 is 11.6 Å². The van der Waals surface area contributed by atoms with Gasteiger partial charge in [0, 0.05) is 13.0 Å². The number of anilines is 2. The van der Waals surface area contributed by atoms with Crippen molar-refractivity contribution in [2.45, 2.75) is 30.6 Å². The van der Waals surface area contributed by atoms with E-state index < -0.39 is 10.0 Å². The van der Waals surface area contributed by atoms with Gasteiger partial charge in [-0.25, -0.2) is 8.42 Å². The molecule has 142 valence electrons. The fourth-order valence-electron chi connectivity index (χ4n) is 3.72. The van der Waals surface area contributed by atoms with Gasteiger partial charge >= 0.3 is 0 Å². The number of sulfonamides is 1. The summed E-state index contributed by atoms with van der Waals surface area (Å²) < 4.78 is 33.5. The van der Waals surface area contributed by atoms with E-state index in [9.17, 15) is 13.2 Å². The summed E-state index contributed by atoms with van der Waals surface area (Å²) in [6.07, 6.45) is 2.58. The van der Waals surface area contributed by atoms with Crippen LogP contribution in [0.3, 0.4) is 0 Å². The topological polar surface area (TPSA) is 75.7 Å². The third-order valence-corrected chi connectivity index (χ3v) is 6.62. The van der Waals surface area contributed by atoms with E-state index in [2.05, 4.69) is 4.72 Å². The molecule has 2 heterocycles. The van der Waals surface area contributed by atoms with E-state index in [1.165, 1.54) is 13.2 Å². The number of halogens is 1. The van der Waals surface area contributed by atoms with Crippen LogP contribution in [0.1, 0.15) is 24.0 Å². The van der Waals surface area contributed by atoms with Crippen LogP contribution in [0.2, 0.25) is 5.02 Å². The van der Waals surface area contributed by atoms with Crippen LogP contribution in [-0.2, 0) is 27.7 Å². The second-order valence-electron chi connectivity index (χ2n) is 6.69. The van der Waals surface area contributed by atoms with Gasteiger partial charge in [-0.2, -0.15) is 0 Å². The molecule has 1 N–H and O–H groups in total. The molecule has 8 heteroatoms. The van der Waals surface area contributed by atoms with Crippen LogP contribution in [0.5, 0.6) is 5.75 Å². The number of amides is 1. The zero-order chi connectivity index (χ0) is 19.2. The Morgan fingerprint density at radius 1 is 1.11 bits per heavy atom.